The smallest absolute Gasteiger partial charge is 0.356 e. The van der Waals surface area contributed by atoms with Gasteiger partial charge in [-0.15, -0.1) is 0 Å². The number of amides is 1. The van der Waals surface area contributed by atoms with Crippen LogP contribution in [0.4, 0.5) is 5.69 Å². The molecule has 1 saturated heterocycles. The van der Waals surface area contributed by atoms with Gasteiger partial charge in [0.2, 0.25) is 5.91 Å². The summed E-state index contributed by atoms with van der Waals surface area (Å²) in [6, 6.07) is 3.17. The van der Waals surface area contributed by atoms with Crippen molar-refractivity contribution < 1.29 is 14.7 Å². The SMILES string of the molecule is O=C(CC1CCSCC1)Nc1cccnc1C(=O)O. The lowest BCUT2D eigenvalue weighted by molar-refractivity contribution is -0.117. The molecule has 0 atom stereocenters. The topological polar surface area (TPSA) is 79.3 Å². The molecule has 1 aliphatic heterocycles. The number of carboxylic acid groups (broad SMARTS) is 1. The van der Waals surface area contributed by atoms with Crippen LogP contribution in [-0.2, 0) is 4.79 Å². The molecule has 0 radical (unpaired) electrons. The van der Waals surface area contributed by atoms with E-state index in [2.05, 4.69) is 10.3 Å². The van der Waals surface area contributed by atoms with E-state index in [-0.39, 0.29) is 17.3 Å². The number of hydrogen-bond acceptors (Lipinski definition) is 4. The fraction of sp³-hybridized carbons (Fsp3) is 0.462. The summed E-state index contributed by atoms with van der Waals surface area (Å²) in [6.07, 6.45) is 3.96. The van der Waals surface area contributed by atoms with Crippen LogP contribution in [0.3, 0.4) is 0 Å². The van der Waals surface area contributed by atoms with Gasteiger partial charge in [-0.2, -0.15) is 11.8 Å². The van der Waals surface area contributed by atoms with E-state index in [0.29, 0.717) is 12.3 Å². The molecule has 102 valence electrons. The molecule has 0 bridgehead atoms. The first-order chi connectivity index (χ1) is 9.16. The van der Waals surface area contributed by atoms with Crippen LogP contribution >= 0.6 is 11.8 Å². The van der Waals surface area contributed by atoms with E-state index in [0.717, 1.165) is 24.3 Å². The number of carboxylic acids is 1. The van der Waals surface area contributed by atoms with E-state index in [9.17, 15) is 9.59 Å². The Balaban J connectivity index is 1.96. The Morgan fingerprint density at radius 2 is 2.16 bits per heavy atom. The molecule has 1 amide bonds. The number of hydrogen-bond donors (Lipinski definition) is 2. The lowest BCUT2D eigenvalue weighted by Crippen LogP contribution is -2.21. The summed E-state index contributed by atoms with van der Waals surface area (Å²) in [4.78, 5) is 26.7. The lowest BCUT2D eigenvalue weighted by atomic mass is 9.98. The molecule has 1 aliphatic rings. The first kappa shape index (κ1) is 13.9. The zero-order valence-corrected chi connectivity index (χ0v) is 11.3. The Morgan fingerprint density at radius 1 is 1.42 bits per heavy atom. The lowest BCUT2D eigenvalue weighted by Gasteiger charge is -2.20. The second-order valence-corrected chi connectivity index (χ2v) is 5.74. The Morgan fingerprint density at radius 3 is 2.84 bits per heavy atom. The predicted octanol–water partition coefficient (Wildman–Crippen LogP) is 2.25. The second-order valence-electron chi connectivity index (χ2n) is 4.51. The maximum atomic E-state index is 11.9. The van der Waals surface area contributed by atoms with Crippen LogP contribution in [0.25, 0.3) is 0 Å². The van der Waals surface area contributed by atoms with Crippen LogP contribution in [0.1, 0.15) is 29.8 Å². The minimum absolute atomic E-state index is 0.116. The fourth-order valence-corrected chi connectivity index (χ4v) is 3.29. The minimum Gasteiger partial charge on any atom is -0.476 e. The third kappa shape index (κ3) is 3.96. The van der Waals surface area contributed by atoms with E-state index in [1.807, 2.05) is 11.8 Å². The number of rotatable bonds is 4. The van der Waals surface area contributed by atoms with Crippen molar-refractivity contribution in [3.8, 4) is 0 Å². The summed E-state index contributed by atoms with van der Waals surface area (Å²) >= 11 is 1.92. The maximum absolute atomic E-state index is 11.9. The number of anilines is 1. The molecule has 2 rings (SSSR count). The summed E-state index contributed by atoms with van der Waals surface area (Å²) in [7, 11) is 0. The molecule has 2 heterocycles. The van der Waals surface area contributed by atoms with Crippen molar-refractivity contribution >= 4 is 29.3 Å². The number of carbonyl (C=O) groups excluding carboxylic acids is 1. The van der Waals surface area contributed by atoms with E-state index >= 15 is 0 Å². The van der Waals surface area contributed by atoms with Gasteiger partial charge in [0.15, 0.2) is 5.69 Å². The number of pyridine rings is 1. The van der Waals surface area contributed by atoms with Gasteiger partial charge in [-0.1, -0.05) is 0 Å². The van der Waals surface area contributed by atoms with Crippen molar-refractivity contribution in [3.63, 3.8) is 0 Å². The number of aromatic carboxylic acids is 1. The van der Waals surface area contributed by atoms with Gasteiger partial charge in [-0.25, -0.2) is 9.78 Å². The van der Waals surface area contributed by atoms with Crippen molar-refractivity contribution in [3.05, 3.63) is 24.0 Å². The molecule has 19 heavy (non-hydrogen) atoms. The van der Waals surface area contributed by atoms with Gasteiger partial charge in [0.25, 0.3) is 0 Å². The van der Waals surface area contributed by atoms with E-state index in [4.69, 9.17) is 5.11 Å². The van der Waals surface area contributed by atoms with E-state index < -0.39 is 5.97 Å². The Hall–Kier alpha value is -1.56. The summed E-state index contributed by atoms with van der Waals surface area (Å²) in [5, 5.41) is 11.6. The Labute approximate surface area is 115 Å². The zero-order chi connectivity index (χ0) is 13.7. The standard InChI is InChI=1S/C13H16N2O3S/c16-11(8-9-3-6-19-7-4-9)15-10-2-1-5-14-12(10)13(17)18/h1-2,5,9H,3-4,6-8H2,(H,15,16)(H,17,18). The van der Waals surface area contributed by atoms with Crippen molar-refractivity contribution in [2.75, 3.05) is 16.8 Å². The van der Waals surface area contributed by atoms with Gasteiger partial charge >= 0.3 is 5.97 Å². The highest BCUT2D eigenvalue weighted by Crippen LogP contribution is 2.25. The molecule has 0 saturated carbocycles. The molecule has 6 heteroatoms. The van der Waals surface area contributed by atoms with Gasteiger partial charge in [0, 0.05) is 12.6 Å². The van der Waals surface area contributed by atoms with Crippen LogP contribution in [0.15, 0.2) is 18.3 Å². The molecule has 1 aromatic heterocycles. The second kappa shape index (κ2) is 6.56. The number of aromatic nitrogens is 1. The Bertz CT molecular complexity index is 473. The molecule has 2 N–H and O–H groups in total. The van der Waals surface area contributed by atoms with E-state index in [1.165, 1.54) is 6.20 Å². The van der Waals surface area contributed by atoms with Crippen LogP contribution in [0.2, 0.25) is 0 Å². The monoisotopic (exact) mass is 280 g/mol. The van der Waals surface area contributed by atoms with Crippen molar-refractivity contribution in [1.29, 1.82) is 0 Å². The molecule has 0 spiro atoms. The average molecular weight is 280 g/mol. The quantitative estimate of drug-likeness (QED) is 0.884. The third-order valence-corrected chi connectivity index (χ3v) is 4.15. The molecular weight excluding hydrogens is 264 g/mol. The van der Waals surface area contributed by atoms with Gasteiger partial charge < -0.3 is 10.4 Å². The minimum atomic E-state index is -1.13. The molecule has 1 fully saturated rings. The van der Waals surface area contributed by atoms with Crippen LogP contribution in [0, 0.1) is 5.92 Å². The largest absolute Gasteiger partial charge is 0.476 e. The maximum Gasteiger partial charge on any atom is 0.356 e. The van der Waals surface area contributed by atoms with Gasteiger partial charge in [0.1, 0.15) is 0 Å². The van der Waals surface area contributed by atoms with Crippen LogP contribution in [-0.4, -0.2) is 33.5 Å². The van der Waals surface area contributed by atoms with Crippen molar-refractivity contribution in [2.24, 2.45) is 5.92 Å². The highest BCUT2D eigenvalue weighted by molar-refractivity contribution is 7.99. The van der Waals surface area contributed by atoms with Gasteiger partial charge in [-0.05, 0) is 42.4 Å². The number of nitrogens with zero attached hydrogens (tertiary/aromatic N) is 1. The van der Waals surface area contributed by atoms with Crippen molar-refractivity contribution in [2.45, 2.75) is 19.3 Å². The third-order valence-electron chi connectivity index (χ3n) is 3.10. The van der Waals surface area contributed by atoms with Gasteiger partial charge in [0.05, 0.1) is 5.69 Å². The van der Waals surface area contributed by atoms with Crippen molar-refractivity contribution in [1.82, 2.24) is 4.98 Å². The molecule has 5 nitrogen and oxygen atoms in total. The number of carbonyl (C=O) groups is 2. The Kier molecular flexibility index (Phi) is 4.79. The molecule has 0 unspecified atom stereocenters. The summed E-state index contributed by atoms with van der Waals surface area (Å²) in [6.45, 7) is 0. The fourth-order valence-electron chi connectivity index (χ4n) is 2.09. The van der Waals surface area contributed by atoms with E-state index in [1.54, 1.807) is 12.1 Å². The molecule has 0 aromatic carbocycles. The summed E-state index contributed by atoms with van der Waals surface area (Å²) < 4.78 is 0. The molecular formula is C13H16N2O3S. The average Bonchev–Trinajstić information content (AvgIpc) is 2.40. The first-order valence-corrected chi connectivity index (χ1v) is 7.38. The normalized spacial score (nSPS) is 16.0. The number of thioether (sulfide) groups is 1. The van der Waals surface area contributed by atoms with Crippen LogP contribution in [0.5, 0.6) is 0 Å². The zero-order valence-electron chi connectivity index (χ0n) is 10.5. The highest BCUT2D eigenvalue weighted by atomic mass is 32.2. The highest BCUT2D eigenvalue weighted by Gasteiger charge is 2.19. The summed E-state index contributed by atoms with van der Waals surface area (Å²) in [5.41, 5.74) is 0.153. The first-order valence-electron chi connectivity index (χ1n) is 6.22. The number of nitrogens with one attached hydrogen (secondary N) is 1. The predicted molar refractivity (Wildman–Crippen MR) is 74.5 cm³/mol. The van der Waals surface area contributed by atoms with Gasteiger partial charge in [-0.3, -0.25) is 4.79 Å². The molecule has 1 aromatic rings. The molecule has 0 aliphatic carbocycles. The summed E-state index contributed by atoms with van der Waals surface area (Å²) in [5.74, 6) is 1.35. The van der Waals surface area contributed by atoms with Crippen LogP contribution < -0.4 is 5.32 Å².